The number of hydrogen-bond donors (Lipinski definition) is 2. The molecule has 6 nitrogen and oxygen atoms in total. The van der Waals surface area contributed by atoms with Gasteiger partial charge in [-0.05, 0) is 44.4 Å². The van der Waals surface area contributed by atoms with E-state index in [1.165, 1.54) is 0 Å². The van der Waals surface area contributed by atoms with E-state index in [0.29, 0.717) is 19.1 Å². The molecule has 0 bridgehead atoms. The fraction of sp³-hybridized carbons (Fsp3) is 0.524. The number of ether oxygens (including phenoxy) is 1. The fourth-order valence-corrected chi connectivity index (χ4v) is 2.79. The van der Waals surface area contributed by atoms with E-state index < -0.39 is 0 Å². The molecule has 156 valence electrons. The molecule has 0 atom stereocenters. The second kappa shape index (κ2) is 12.8. The molecular weight excluding hydrogens is 465 g/mol. The van der Waals surface area contributed by atoms with Crippen molar-refractivity contribution in [1.82, 2.24) is 20.4 Å². The van der Waals surface area contributed by atoms with Gasteiger partial charge in [0.2, 0.25) is 0 Å². The third-order valence-corrected chi connectivity index (χ3v) is 3.97. The number of benzene rings is 1. The van der Waals surface area contributed by atoms with Crippen molar-refractivity contribution in [3.8, 4) is 5.69 Å². The zero-order valence-corrected chi connectivity index (χ0v) is 20.0. The molecule has 1 aromatic carbocycles. The van der Waals surface area contributed by atoms with Gasteiger partial charge in [0.15, 0.2) is 5.96 Å². The number of guanidine groups is 1. The van der Waals surface area contributed by atoms with E-state index in [2.05, 4.69) is 61.6 Å². The molecule has 2 aromatic rings. The van der Waals surface area contributed by atoms with Crippen LogP contribution < -0.4 is 10.6 Å². The van der Waals surface area contributed by atoms with Gasteiger partial charge in [-0.1, -0.05) is 32.0 Å². The Kier molecular flexibility index (Phi) is 11.1. The van der Waals surface area contributed by atoms with Gasteiger partial charge in [-0.25, -0.2) is 9.67 Å². The largest absolute Gasteiger partial charge is 0.379 e. The predicted octanol–water partition coefficient (Wildman–Crippen LogP) is 3.83. The first-order valence-electron chi connectivity index (χ1n) is 9.72. The van der Waals surface area contributed by atoms with E-state index in [4.69, 9.17) is 9.73 Å². The Morgan fingerprint density at radius 3 is 2.61 bits per heavy atom. The molecule has 28 heavy (non-hydrogen) atoms. The zero-order valence-electron chi connectivity index (χ0n) is 17.7. The summed E-state index contributed by atoms with van der Waals surface area (Å²) in [5.74, 6) is 1.35. The molecule has 0 saturated carbocycles. The van der Waals surface area contributed by atoms with Gasteiger partial charge in [-0.3, -0.25) is 0 Å². The topological polar surface area (TPSA) is 63.5 Å². The highest BCUT2D eigenvalue weighted by molar-refractivity contribution is 14.0. The average Bonchev–Trinajstić information content (AvgIpc) is 2.97. The maximum absolute atomic E-state index is 5.62. The molecule has 0 aliphatic heterocycles. The number of nitrogens with zero attached hydrogens (tertiary/aromatic N) is 3. The third kappa shape index (κ3) is 7.79. The van der Waals surface area contributed by atoms with Gasteiger partial charge in [0.25, 0.3) is 0 Å². The van der Waals surface area contributed by atoms with Gasteiger partial charge in [0, 0.05) is 25.4 Å². The zero-order chi connectivity index (χ0) is 19.6. The second-order valence-electron chi connectivity index (χ2n) is 7.06. The Morgan fingerprint density at radius 1 is 1.21 bits per heavy atom. The summed E-state index contributed by atoms with van der Waals surface area (Å²) in [6, 6.07) is 10.4. The van der Waals surface area contributed by atoms with Crippen LogP contribution in [0.5, 0.6) is 0 Å². The number of hydrogen-bond acceptors (Lipinski definition) is 3. The fourth-order valence-electron chi connectivity index (χ4n) is 2.79. The standard InChI is InChI=1S/C21H33N5O.HI/c1-6-22-21(23-11-12-27-15-16(2)3)24-14-19-9-7-8-10-20(19)26-18(5)13-17(4)25-26;/h7-10,13,16H,6,11-12,14-15H2,1-5H3,(H2,22,23,24);1H. The molecule has 0 unspecified atom stereocenters. The SMILES string of the molecule is CCNC(=NCc1ccccc1-n1nc(C)cc1C)NCCOCC(C)C.I. The van der Waals surface area contributed by atoms with Crippen LogP contribution in [0.15, 0.2) is 35.3 Å². The Bertz CT molecular complexity index is 742. The first-order chi connectivity index (χ1) is 13.0. The highest BCUT2D eigenvalue weighted by Gasteiger charge is 2.08. The Hall–Kier alpha value is -1.61. The first kappa shape index (κ1) is 24.4. The van der Waals surface area contributed by atoms with Crippen LogP contribution in [-0.2, 0) is 11.3 Å². The third-order valence-electron chi connectivity index (χ3n) is 3.97. The van der Waals surface area contributed by atoms with Crippen molar-refractivity contribution >= 4 is 29.9 Å². The van der Waals surface area contributed by atoms with Crippen molar-refractivity contribution < 1.29 is 4.74 Å². The van der Waals surface area contributed by atoms with Crippen molar-refractivity contribution in [2.75, 3.05) is 26.3 Å². The summed E-state index contributed by atoms with van der Waals surface area (Å²) < 4.78 is 7.61. The van der Waals surface area contributed by atoms with Crippen LogP contribution >= 0.6 is 24.0 Å². The Morgan fingerprint density at radius 2 is 1.96 bits per heavy atom. The number of rotatable bonds is 9. The quantitative estimate of drug-likeness (QED) is 0.238. The monoisotopic (exact) mass is 499 g/mol. The van der Waals surface area contributed by atoms with Crippen molar-refractivity contribution in [3.63, 3.8) is 0 Å². The maximum Gasteiger partial charge on any atom is 0.191 e. The Labute approximate surface area is 186 Å². The summed E-state index contributed by atoms with van der Waals surface area (Å²) >= 11 is 0. The molecular formula is C21H34IN5O. The van der Waals surface area contributed by atoms with Gasteiger partial charge in [0.05, 0.1) is 24.5 Å². The number of nitrogens with one attached hydrogen (secondary N) is 2. The Balaban J connectivity index is 0.00000392. The molecule has 0 saturated heterocycles. The lowest BCUT2D eigenvalue weighted by Gasteiger charge is -2.13. The first-order valence-corrected chi connectivity index (χ1v) is 9.72. The van der Waals surface area contributed by atoms with Crippen molar-refractivity contribution in [2.45, 2.75) is 41.2 Å². The van der Waals surface area contributed by atoms with Crippen molar-refractivity contribution in [3.05, 3.63) is 47.3 Å². The number of para-hydroxylation sites is 1. The normalized spacial score (nSPS) is 11.4. The van der Waals surface area contributed by atoms with Crippen molar-refractivity contribution in [2.24, 2.45) is 10.9 Å². The number of aryl methyl sites for hydroxylation is 2. The lowest BCUT2D eigenvalue weighted by atomic mass is 10.2. The van der Waals surface area contributed by atoms with Crippen LogP contribution in [0.4, 0.5) is 0 Å². The second-order valence-corrected chi connectivity index (χ2v) is 7.06. The summed E-state index contributed by atoms with van der Waals surface area (Å²) in [5, 5.41) is 11.2. The lowest BCUT2D eigenvalue weighted by molar-refractivity contribution is 0.114. The minimum Gasteiger partial charge on any atom is -0.379 e. The van der Waals surface area contributed by atoms with Gasteiger partial charge in [-0.15, -0.1) is 24.0 Å². The molecule has 0 fully saturated rings. The average molecular weight is 499 g/mol. The van der Waals surface area contributed by atoms with E-state index in [0.717, 1.165) is 48.3 Å². The van der Waals surface area contributed by atoms with Gasteiger partial charge >= 0.3 is 0 Å². The van der Waals surface area contributed by atoms with E-state index in [1.54, 1.807) is 0 Å². The van der Waals surface area contributed by atoms with E-state index in [1.807, 2.05) is 23.7 Å². The number of halogens is 1. The highest BCUT2D eigenvalue weighted by Crippen LogP contribution is 2.17. The van der Waals surface area contributed by atoms with Crippen molar-refractivity contribution in [1.29, 1.82) is 0 Å². The smallest absolute Gasteiger partial charge is 0.191 e. The van der Waals surface area contributed by atoms with E-state index >= 15 is 0 Å². The molecule has 7 heteroatoms. The van der Waals surface area contributed by atoms with Gasteiger partial charge in [0.1, 0.15) is 0 Å². The van der Waals surface area contributed by atoms with Crippen LogP contribution in [0, 0.1) is 19.8 Å². The summed E-state index contributed by atoms with van der Waals surface area (Å²) in [6.07, 6.45) is 0. The van der Waals surface area contributed by atoms with Crippen LogP contribution in [0.25, 0.3) is 5.69 Å². The molecule has 0 aliphatic carbocycles. The molecule has 0 aliphatic rings. The molecule has 2 rings (SSSR count). The molecule has 2 N–H and O–H groups in total. The lowest BCUT2D eigenvalue weighted by Crippen LogP contribution is -2.39. The van der Waals surface area contributed by atoms with Crippen LogP contribution in [0.3, 0.4) is 0 Å². The minimum absolute atomic E-state index is 0. The highest BCUT2D eigenvalue weighted by atomic mass is 127. The summed E-state index contributed by atoms with van der Waals surface area (Å²) in [7, 11) is 0. The minimum atomic E-state index is 0. The molecule has 1 aromatic heterocycles. The van der Waals surface area contributed by atoms with Crippen LogP contribution in [-0.4, -0.2) is 42.0 Å². The van der Waals surface area contributed by atoms with Crippen LogP contribution in [0.2, 0.25) is 0 Å². The molecule has 0 radical (unpaired) electrons. The maximum atomic E-state index is 5.62. The van der Waals surface area contributed by atoms with E-state index in [9.17, 15) is 0 Å². The summed E-state index contributed by atoms with van der Waals surface area (Å²) in [5.41, 5.74) is 4.35. The molecule has 0 amide bonds. The summed E-state index contributed by atoms with van der Waals surface area (Å²) in [4.78, 5) is 4.74. The van der Waals surface area contributed by atoms with E-state index in [-0.39, 0.29) is 24.0 Å². The predicted molar refractivity (Wildman–Crippen MR) is 127 cm³/mol. The number of aliphatic imine (C=N–C) groups is 1. The summed E-state index contributed by atoms with van der Waals surface area (Å²) in [6.45, 7) is 14.0. The van der Waals surface area contributed by atoms with Gasteiger partial charge in [-0.2, -0.15) is 5.10 Å². The molecule has 0 spiro atoms. The van der Waals surface area contributed by atoms with Gasteiger partial charge < -0.3 is 15.4 Å². The molecule has 1 heterocycles. The number of aromatic nitrogens is 2. The van der Waals surface area contributed by atoms with Crippen LogP contribution in [0.1, 0.15) is 37.7 Å².